The van der Waals surface area contributed by atoms with Crippen LogP contribution in [0.1, 0.15) is 56.1 Å². The van der Waals surface area contributed by atoms with Crippen LogP contribution in [0.25, 0.3) is 11.1 Å². The maximum Gasteiger partial charge on any atom is 0.416 e. The van der Waals surface area contributed by atoms with Crippen molar-refractivity contribution in [3.05, 3.63) is 59.7 Å². The van der Waals surface area contributed by atoms with Crippen molar-refractivity contribution in [1.29, 1.82) is 0 Å². The number of hydrogen-bond donors (Lipinski definition) is 0. The molecule has 1 aliphatic rings. The summed E-state index contributed by atoms with van der Waals surface area (Å²) in [6.07, 6.45) is 2.11. The third-order valence-electron chi connectivity index (χ3n) is 5.35. The zero-order valence-electron chi connectivity index (χ0n) is 13.9. The molecular weight excluding hydrogens is 309 g/mol. The fraction of sp³-hybridized carbons (Fsp3) is 0.429. The molecule has 1 fully saturated rings. The molecule has 2 aromatic carbocycles. The first-order valence-electron chi connectivity index (χ1n) is 8.75. The van der Waals surface area contributed by atoms with Gasteiger partial charge < -0.3 is 0 Å². The Morgan fingerprint density at radius 1 is 0.792 bits per heavy atom. The average molecular weight is 332 g/mol. The van der Waals surface area contributed by atoms with Gasteiger partial charge >= 0.3 is 6.18 Å². The van der Waals surface area contributed by atoms with E-state index in [4.69, 9.17) is 0 Å². The van der Waals surface area contributed by atoms with Gasteiger partial charge in [0, 0.05) is 0 Å². The van der Waals surface area contributed by atoms with Gasteiger partial charge in [-0.2, -0.15) is 13.2 Å². The number of rotatable bonds is 3. The largest absolute Gasteiger partial charge is 0.416 e. The zero-order chi connectivity index (χ0) is 17.2. The van der Waals surface area contributed by atoms with Crippen molar-refractivity contribution in [2.75, 3.05) is 0 Å². The van der Waals surface area contributed by atoms with E-state index >= 15 is 0 Å². The quantitative estimate of drug-likeness (QED) is 0.564. The van der Waals surface area contributed by atoms with Gasteiger partial charge in [0.2, 0.25) is 0 Å². The summed E-state index contributed by atoms with van der Waals surface area (Å²) in [6, 6.07) is 13.7. The van der Waals surface area contributed by atoms with Crippen LogP contribution in [-0.4, -0.2) is 0 Å². The number of hydrogen-bond acceptors (Lipinski definition) is 0. The molecule has 0 atom stereocenters. The predicted molar refractivity (Wildman–Crippen MR) is 91.9 cm³/mol. The SMILES string of the molecule is CCC1CCC(c2ccc(-c3ccc(C(F)(F)F)cc3)cc2)CC1. The van der Waals surface area contributed by atoms with Crippen LogP contribution in [0, 0.1) is 5.92 Å². The standard InChI is InChI=1S/C21H23F3/c1-2-15-3-5-16(6-4-15)17-7-9-18(10-8-17)19-11-13-20(14-12-19)21(22,23)24/h7-16H,2-6H2,1H3. The summed E-state index contributed by atoms with van der Waals surface area (Å²) in [4.78, 5) is 0. The Balaban J connectivity index is 1.70. The zero-order valence-corrected chi connectivity index (χ0v) is 13.9. The van der Waals surface area contributed by atoms with Crippen molar-refractivity contribution in [2.24, 2.45) is 5.92 Å². The van der Waals surface area contributed by atoms with Crippen LogP contribution in [0.15, 0.2) is 48.5 Å². The van der Waals surface area contributed by atoms with Gasteiger partial charge in [-0.05, 0) is 66.3 Å². The minimum Gasteiger partial charge on any atom is -0.166 e. The van der Waals surface area contributed by atoms with Gasteiger partial charge in [-0.15, -0.1) is 0 Å². The van der Waals surface area contributed by atoms with Crippen LogP contribution in [0.3, 0.4) is 0 Å². The summed E-state index contributed by atoms with van der Waals surface area (Å²) >= 11 is 0. The highest BCUT2D eigenvalue weighted by Crippen LogP contribution is 2.37. The second-order valence-electron chi connectivity index (χ2n) is 6.82. The molecule has 1 aliphatic carbocycles. The summed E-state index contributed by atoms with van der Waals surface area (Å²) in [5.41, 5.74) is 2.55. The molecule has 0 saturated heterocycles. The fourth-order valence-corrected chi connectivity index (χ4v) is 3.70. The van der Waals surface area contributed by atoms with Gasteiger partial charge in [-0.25, -0.2) is 0 Å². The van der Waals surface area contributed by atoms with Crippen LogP contribution in [-0.2, 0) is 6.18 Å². The highest BCUT2D eigenvalue weighted by molar-refractivity contribution is 5.64. The van der Waals surface area contributed by atoms with Crippen molar-refractivity contribution in [2.45, 2.75) is 51.1 Å². The molecule has 3 rings (SSSR count). The van der Waals surface area contributed by atoms with E-state index in [0.29, 0.717) is 5.92 Å². The van der Waals surface area contributed by atoms with Gasteiger partial charge in [0.25, 0.3) is 0 Å². The van der Waals surface area contributed by atoms with Crippen molar-refractivity contribution < 1.29 is 13.2 Å². The van der Waals surface area contributed by atoms with Crippen LogP contribution < -0.4 is 0 Å². The number of alkyl halides is 3. The monoisotopic (exact) mass is 332 g/mol. The summed E-state index contributed by atoms with van der Waals surface area (Å²) in [5.74, 6) is 1.52. The number of benzene rings is 2. The highest BCUT2D eigenvalue weighted by Gasteiger charge is 2.30. The lowest BCUT2D eigenvalue weighted by Gasteiger charge is -2.28. The Kier molecular flexibility index (Phi) is 4.98. The smallest absolute Gasteiger partial charge is 0.166 e. The predicted octanol–water partition coefficient (Wildman–Crippen LogP) is 7.06. The van der Waals surface area contributed by atoms with E-state index in [1.165, 1.54) is 37.7 Å². The molecule has 1 saturated carbocycles. The van der Waals surface area contributed by atoms with Gasteiger partial charge in [0.15, 0.2) is 0 Å². The van der Waals surface area contributed by atoms with Gasteiger partial charge in [0.1, 0.15) is 0 Å². The first kappa shape index (κ1) is 17.1. The lowest BCUT2D eigenvalue weighted by atomic mass is 9.77. The van der Waals surface area contributed by atoms with Crippen molar-refractivity contribution >= 4 is 0 Å². The number of halogens is 3. The summed E-state index contributed by atoms with van der Waals surface area (Å²) < 4.78 is 37.9. The first-order chi connectivity index (χ1) is 11.5. The Labute approximate surface area is 141 Å². The average Bonchev–Trinajstić information content (AvgIpc) is 2.61. The molecule has 24 heavy (non-hydrogen) atoms. The molecule has 0 amide bonds. The topological polar surface area (TPSA) is 0 Å². The lowest BCUT2D eigenvalue weighted by Crippen LogP contribution is -2.12. The molecule has 0 spiro atoms. The molecule has 0 aliphatic heterocycles. The van der Waals surface area contributed by atoms with Crippen LogP contribution in [0.2, 0.25) is 0 Å². The maximum absolute atomic E-state index is 12.6. The fourth-order valence-electron chi connectivity index (χ4n) is 3.70. The highest BCUT2D eigenvalue weighted by atomic mass is 19.4. The van der Waals surface area contributed by atoms with Crippen LogP contribution in [0.5, 0.6) is 0 Å². The summed E-state index contributed by atoms with van der Waals surface area (Å²) in [7, 11) is 0. The van der Waals surface area contributed by atoms with E-state index in [2.05, 4.69) is 19.1 Å². The molecule has 0 aromatic heterocycles. The van der Waals surface area contributed by atoms with Crippen LogP contribution >= 0.6 is 0 Å². The molecule has 0 bridgehead atoms. The molecule has 0 N–H and O–H groups in total. The summed E-state index contributed by atoms with van der Waals surface area (Å²) in [6.45, 7) is 2.27. The Morgan fingerprint density at radius 2 is 1.29 bits per heavy atom. The third-order valence-corrected chi connectivity index (χ3v) is 5.35. The molecule has 2 aromatic rings. The van der Waals surface area contributed by atoms with Crippen molar-refractivity contribution in [3.63, 3.8) is 0 Å². The maximum atomic E-state index is 12.6. The molecule has 0 heterocycles. The van der Waals surface area contributed by atoms with Gasteiger partial charge in [-0.1, -0.05) is 49.7 Å². The van der Waals surface area contributed by atoms with E-state index in [9.17, 15) is 13.2 Å². The Bertz CT molecular complexity index is 645. The summed E-state index contributed by atoms with van der Waals surface area (Å²) in [5, 5.41) is 0. The second kappa shape index (κ2) is 7.00. The minimum absolute atomic E-state index is 0.601. The molecule has 128 valence electrons. The first-order valence-corrected chi connectivity index (χ1v) is 8.75. The molecule has 0 unspecified atom stereocenters. The van der Waals surface area contributed by atoms with Gasteiger partial charge in [-0.3, -0.25) is 0 Å². The third kappa shape index (κ3) is 3.82. The lowest BCUT2D eigenvalue weighted by molar-refractivity contribution is -0.137. The normalized spacial score (nSPS) is 21.7. The van der Waals surface area contributed by atoms with E-state index in [0.717, 1.165) is 29.2 Å². The second-order valence-corrected chi connectivity index (χ2v) is 6.82. The van der Waals surface area contributed by atoms with E-state index in [1.807, 2.05) is 12.1 Å². The Morgan fingerprint density at radius 3 is 1.75 bits per heavy atom. The van der Waals surface area contributed by atoms with E-state index in [-0.39, 0.29) is 0 Å². The van der Waals surface area contributed by atoms with Crippen molar-refractivity contribution in [1.82, 2.24) is 0 Å². The Hall–Kier alpha value is -1.77. The molecule has 0 nitrogen and oxygen atoms in total. The minimum atomic E-state index is -4.28. The van der Waals surface area contributed by atoms with Crippen molar-refractivity contribution in [3.8, 4) is 11.1 Å². The van der Waals surface area contributed by atoms with Crippen LogP contribution in [0.4, 0.5) is 13.2 Å². The van der Waals surface area contributed by atoms with E-state index < -0.39 is 11.7 Å². The van der Waals surface area contributed by atoms with E-state index in [1.54, 1.807) is 12.1 Å². The van der Waals surface area contributed by atoms with Gasteiger partial charge in [0.05, 0.1) is 5.56 Å². The molecule has 3 heteroatoms. The molecular formula is C21H23F3. The molecule has 0 radical (unpaired) electrons.